The van der Waals surface area contributed by atoms with Crippen molar-refractivity contribution in [3.63, 3.8) is 0 Å². The Morgan fingerprint density at radius 3 is 2.80 bits per heavy atom. The van der Waals surface area contributed by atoms with Gasteiger partial charge in [0.2, 0.25) is 0 Å². The zero-order valence-electron chi connectivity index (χ0n) is 12.1. The number of ether oxygens (including phenoxy) is 2. The highest BCUT2D eigenvalue weighted by Crippen LogP contribution is 2.22. The molecule has 0 bridgehead atoms. The molecule has 0 saturated carbocycles. The van der Waals surface area contributed by atoms with Gasteiger partial charge < -0.3 is 14.8 Å². The van der Waals surface area contributed by atoms with Crippen molar-refractivity contribution in [1.82, 2.24) is 5.32 Å². The van der Waals surface area contributed by atoms with Crippen LogP contribution in [0.25, 0.3) is 0 Å². The third kappa shape index (κ3) is 7.04. The largest absolute Gasteiger partial charge is 0.382 e. The van der Waals surface area contributed by atoms with E-state index >= 15 is 0 Å². The van der Waals surface area contributed by atoms with E-state index in [9.17, 15) is 0 Å². The maximum absolute atomic E-state index is 6.27. The van der Waals surface area contributed by atoms with Crippen LogP contribution < -0.4 is 5.32 Å². The Morgan fingerprint density at radius 2 is 2.15 bits per heavy atom. The van der Waals surface area contributed by atoms with Gasteiger partial charge in [-0.15, -0.1) is 0 Å². The third-order valence-electron chi connectivity index (χ3n) is 2.92. The molecular weight excluding hydrogens is 342 g/mol. The van der Waals surface area contributed by atoms with Crippen LogP contribution in [0.3, 0.4) is 0 Å². The topological polar surface area (TPSA) is 30.5 Å². The molecule has 3 nitrogen and oxygen atoms in total. The van der Waals surface area contributed by atoms with Gasteiger partial charge in [0.25, 0.3) is 0 Å². The zero-order valence-corrected chi connectivity index (χ0v) is 14.5. The summed E-state index contributed by atoms with van der Waals surface area (Å²) in [6, 6.07) is 6.27. The summed E-state index contributed by atoms with van der Waals surface area (Å²) in [4.78, 5) is 0. The van der Waals surface area contributed by atoms with Gasteiger partial charge in [-0.05, 0) is 37.1 Å². The standard InChI is InChI=1S/C15H23BrClNO2/c1-3-6-18-14(11-20-8-7-19-2)9-12-4-5-13(16)10-15(12)17/h4-5,10,14,18H,3,6-9,11H2,1-2H3. The molecule has 0 heterocycles. The predicted octanol–water partition coefficient (Wildman–Crippen LogP) is 3.68. The molecule has 1 atom stereocenters. The number of methoxy groups -OCH3 is 1. The average Bonchev–Trinajstić information content (AvgIpc) is 2.43. The van der Waals surface area contributed by atoms with Crippen molar-refractivity contribution in [2.45, 2.75) is 25.8 Å². The lowest BCUT2D eigenvalue weighted by Gasteiger charge is -2.19. The van der Waals surface area contributed by atoms with Crippen molar-refractivity contribution in [3.05, 3.63) is 33.3 Å². The fourth-order valence-electron chi connectivity index (χ4n) is 1.86. The molecule has 1 unspecified atom stereocenters. The number of nitrogens with one attached hydrogen (secondary N) is 1. The molecule has 1 aromatic carbocycles. The normalized spacial score (nSPS) is 12.6. The van der Waals surface area contributed by atoms with Crippen LogP contribution in [0, 0.1) is 0 Å². The van der Waals surface area contributed by atoms with Gasteiger partial charge in [-0.2, -0.15) is 0 Å². The smallest absolute Gasteiger partial charge is 0.0701 e. The Balaban J connectivity index is 2.53. The van der Waals surface area contributed by atoms with E-state index in [0.717, 1.165) is 34.4 Å². The molecule has 0 saturated heterocycles. The Morgan fingerprint density at radius 1 is 1.35 bits per heavy atom. The summed E-state index contributed by atoms with van der Waals surface area (Å²) in [6.45, 7) is 5.04. The Kier molecular flexibility index (Phi) is 9.48. The summed E-state index contributed by atoms with van der Waals surface area (Å²) in [5.41, 5.74) is 1.14. The predicted molar refractivity (Wildman–Crippen MR) is 87.6 cm³/mol. The monoisotopic (exact) mass is 363 g/mol. The maximum Gasteiger partial charge on any atom is 0.0701 e. The molecule has 0 aliphatic rings. The van der Waals surface area contributed by atoms with E-state index < -0.39 is 0 Å². The molecule has 114 valence electrons. The van der Waals surface area contributed by atoms with Crippen LogP contribution in [0.5, 0.6) is 0 Å². The van der Waals surface area contributed by atoms with Gasteiger partial charge in [0.15, 0.2) is 0 Å². The summed E-state index contributed by atoms with van der Waals surface area (Å²) < 4.78 is 11.6. The van der Waals surface area contributed by atoms with Gasteiger partial charge in [0.05, 0.1) is 19.8 Å². The Hall–Kier alpha value is -0.130. The zero-order chi connectivity index (χ0) is 14.8. The van der Waals surface area contributed by atoms with E-state index in [-0.39, 0.29) is 6.04 Å². The first-order valence-electron chi connectivity index (χ1n) is 6.91. The second-order valence-electron chi connectivity index (χ2n) is 4.66. The quantitative estimate of drug-likeness (QED) is 0.643. The first-order valence-corrected chi connectivity index (χ1v) is 8.08. The van der Waals surface area contributed by atoms with E-state index in [1.54, 1.807) is 7.11 Å². The van der Waals surface area contributed by atoms with E-state index in [4.69, 9.17) is 21.1 Å². The van der Waals surface area contributed by atoms with Gasteiger partial charge in [0, 0.05) is 22.6 Å². The first-order chi connectivity index (χ1) is 9.67. The summed E-state index contributed by atoms with van der Waals surface area (Å²) in [6.07, 6.45) is 1.96. The molecule has 0 fully saturated rings. The van der Waals surface area contributed by atoms with Crippen molar-refractivity contribution < 1.29 is 9.47 Å². The van der Waals surface area contributed by atoms with Crippen LogP contribution in [0.1, 0.15) is 18.9 Å². The average molecular weight is 365 g/mol. The van der Waals surface area contributed by atoms with E-state index in [1.807, 2.05) is 12.1 Å². The highest BCUT2D eigenvalue weighted by molar-refractivity contribution is 9.10. The number of hydrogen-bond acceptors (Lipinski definition) is 3. The maximum atomic E-state index is 6.27. The lowest BCUT2D eigenvalue weighted by atomic mass is 10.1. The van der Waals surface area contributed by atoms with E-state index in [1.165, 1.54) is 0 Å². The fourth-order valence-corrected chi connectivity index (χ4v) is 2.61. The fraction of sp³-hybridized carbons (Fsp3) is 0.600. The van der Waals surface area contributed by atoms with Crippen molar-refractivity contribution in [2.75, 3.05) is 33.5 Å². The number of rotatable bonds is 10. The van der Waals surface area contributed by atoms with Gasteiger partial charge >= 0.3 is 0 Å². The molecule has 0 aliphatic carbocycles. The van der Waals surface area contributed by atoms with E-state index in [0.29, 0.717) is 19.8 Å². The minimum Gasteiger partial charge on any atom is -0.382 e. The van der Waals surface area contributed by atoms with Crippen LogP contribution in [0.2, 0.25) is 5.02 Å². The summed E-state index contributed by atoms with van der Waals surface area (Å²) in [5, 5.41) is 4.29. The second-order valence-corrected chi connectivity index (χ2v) is 5.98. The van der Waals surface area contributed by atoms with Crippen LogP contribution in [0.15, 0.2) is 22.7 Å². The lowest BCUT2D eigenvalue weighted by Crippen LogP contribution is -2.36. The van der Waals surface area contributed by atoms with Crippen LogP contribution in [-0.2, 0) is 15.9 Å². The van der Waals surface area contributed by atoms with Crippen molar-refractivity contribution >= 4 is 27.5 Å². The molecular formula is C15H23BrClNO2. The number of hydrogen-bond donors (Lipinski definition) is 1. The molecule has 0 radical (unpaired) electrons. The molecule has 1 N–H and O–H groups in total. The summed E-state index contributed by atoms with van der Waals surface area (Å²) in [5.74, 6) is 0. The first kappa shape index (κ1) is 17.9. The number of halogens is 2. The highest BCUT2D eigenvalue weighted by Gasteiger charge is 2.11. The van der Waals surface area contributed by atoms with Crippen LogP contribution >= 0.6 is 27.5 Å². The molecule has 0 aromatic heterocycles. The van der Waals surface area contributed by atoms with Gasteiger partial charge in [0.1, 0.15) is 0 Å². The van der Waals surface area contributed by atoms with Crippen molar-refractivity contribution in [2.24, 2.45) is 0 Å². The van der Waals surface area contributed by atoms with Crippen molar-refractivity contribution in [1.29, 1.82) is 0 Å². The number of benzene rings is 1. The van der Waals surface area contributed by atoms with Crippen molar-refractivity contribution in [3.8, 4) is 0 Å². The molecule has 1 aromatic rings. The minimum atomic E-state index is 0.269. The van der Waals surface area contributed by atoms with Crippen LogP contribution in [-0.4, -0.2) is 39.5 Å². The second kappa shape index (κ2) is 10.6. The lowest BCUT2D eigenvalue weighted by molar-refractivity contribution is 0.0587. The minimum absolute atomic E-state index is 0.269. The molecule has 20 heavy (non-hydrogen) atoms. The SMILES string of the molecule is CCCNC(COCCOC)Cc1ccc(Br)cc1Cl. The highest BCUT2D eigenvalue weighted by atomic mass is 79.9. The molecule has 0 amide bonds. The molecule has 1 rings (SSSR count). The summed E-state index contributed by atoms with van der Waals surface area (Å²) >= 11 is 9.70. The Labute approximate surface area is 135 Å². The molecule has 0 aliphatic heterocycles. The molecule has 5 heteroatoms. The van der Waals surface area contributed by atoms with E-state index in [2.05, 4.69) is 34.2 Å². The van der Waals surface area contributed by atoms with Gasteiger partial charge in [-0.1, -0.05) is 40.5 Å². The van der Waals surface area contributed by atoms with Gasteiger partial charge in [-0.25, -0.2) is 0 Å². The Bertz CT molecular complexity index is 390. The third-order valence-corrected chi connectivity index (χ3v) is 3.76. The summed E-state index contributed by atoms with van der Waals surface area (Å²) in [7, 11) is 1.68. The van der Waals surface area contributed by atoms with Gasteiger partial charge in [-0.3, -0.25) is 0 Å². The molecule has 0 spiro atoms. The van der Waals surface area contributed by atoms with Crippen LogP contribution in [0.4, 0.5) is 0 Å².